The van der Waals surface area contributed by atoms with Gasteiger partial charge >= 0.3 is 0 Å². The van der Waals surface area contributed by atoms with Gasteiger partial charge in [-0.1, -0.05) is 145 Å². The van der Waals surface area contributed by atoms with Gasteiger partial charge in [0.05, 0.1) is 9.60 Å². The molecule has 1 nitrogen and oxygen atoms in total. The van der Waals surface area contributed by atoms with Crippen LogP contribution in [0.1, 0.15) is 9.60 Å². The molecule has 0 amide bonds. The molecule has 9 rings (SSSR count). The molecule has 1 aromatic heterocycles. The molecular weight excluding hydrogens is 593 g/mol. The second-order valence-electron chi connectivity index (χ2n) is 12.0. The van der Waals surface area contributed by atoms with E-state index in [2.05, 4.69) is 91.0 Å². The largest absolute Gasteiger partial charge is 0.456 e. The first-order valence-electron chi connectivity index (χ1n) is 19.7. The Morgan fingerprint density at radius 2 is 0.714 bits per heavy atom. The summed E-state index contributed by atoms with van der Waals surface area (Å²) in [6.45, 7) is 0. The van der Waals surface area contributed by atoms with E-state index >= 15 is 0 Å². The third-order valence-corrected chi connectivity index (χ3v) is 8.93. The van der Waals surface area contributed by atoms with Crippen molar-refractivity contribution >= 4 is 21.9 Å². The van der Waals surface area contributed by atoms with E-state index in [1.54, 1.807) is 6.07 Å². The summed E-state index contributed by atoms with van der Waals surface area (Å²) in [5, 5.41) is 0.0473. The molecule has 0 fully saturated rings. The lowest BCUT2D eigenvalue weighted by molar-refractivity contribution is 0.669. The van der Waals surface area contributed by atoms with E-state index < -0.39 is 12.1 Å². The van der Waals surface area contributed by atoms with Crippen molar-refractivity contribution in [3.8, 4) is 66.8 Å². The van der Waals surface area contributed by atoms with Gasteiger partial charge in [0.25, 0.3) is 0 Å². The van der Waals surface area contributed by atoms with Crippen molar-refractivity contribution in [2.24, 2.45) is 0 Å². The van der Waals surface area contributed by atoms with Gasteiger partial charge in [-0.25, -0.2) is 0 Å². The highest BCUT2D eigenvalue weighted by Crippen LogP contribution is 2.37. The van der Waals surface area contributed by atoms with E-state index in [-0.39, 0.29) is 57.7 Å². The fourth-order valence-corrected chi connectivity index (χ4v) is 6.42. The number of hydrogen-bond donors (Lipinski definition) is 0. The Kier molecular flexibility index (Phi) is 5.57. The fraction of sp³-hybridized carbons (Fsp3) is 0. The van der Waals surface area contributed by atoms with Crippen LogP contribution in [0.4, 0.5) is 0 Å². The van der Waals surface area contributed by atoms with E-state index in [0.717, 1.165) is 55.6 Å². The number of hydrogen-bond acceptors (Lipinski definition) is 1. The van der Waals surface area contributed by atoms with Gasteiger partial charge in [-0.2, -0.15) is 0 Å². The molecule has 1 heteroatoms. The first kappa shape index (κ1) is 22.2. The van der Waals surface area contributed by atoms with Crippen LogP contribution < -0.4 is 0 Å². The average Bonchev–Trinajstić information content (AvgIpc) is 3.67. The van der Waals surface area contributed by atoms with Crippen molar-refractivity contribution in [2.45, 2.75) is 0 Å². The van der Waals surface area contributed by atoms with Crippen LogP contribution in [0.25, 0.3) is 88.7 Å². The molecule has 0 atom stereocenters. The van der Waals surface area contributed by atoms with Crippen molar-refractivity contribution in [3.05, 3.63) is 194 Å². The Hall–Kier alpha value is -6.44. The normalized spacial score (nSPS) is 13.3. The lowest BCUT2D eigenvalue weighted by atomic mass is 9.90. The highest BCUT2D eigenvalue weighted by molar-refractivity contribution is 6.06. The van der Waals surface area contributed by atoms with E-state index in [1.807, 2.05) is 54.6 Å². The van der Waals surface area contributed by atoms with Crippen LogP contribution in [0.3, 0.4) is 0 Å². The zero-order valence-electron chi connectivity index (χ0n) is 33.3. The van der Waals surface area contributed by atoms with Gasteiger partial charge in [0.1, 0.15) is 11.2 Å². The number of para-hydroxylation sites is 1. The zero-order valence-corrected chi connectivity index (χ0v) is 26.3. The van der Waals surface area contributed by atoms with Gasteiger partial charge in [0, 0.05) is 10.8 Å². The Morgan fingerprint density at radius 3 is 1.33 bits per heavy atom. The fourth-order valence-electron chi connectivity index (χ4n) is 6.42. The molecule has 230 valence electrons. The van der Waals surface area contributed by atoms with Crippen molar-refractivity contribution in [1.29, 1.82) is 0 Å². The van der Waals surface area contributed by atoms with Crippen molar-refractivity contribution in [2.75, 3.05) is 0 Å². The van der Waals surface area contributed by atoms with Gasteiger partial charge in [0.2, 0.25) is 0 Å². The molecule has 0 saturated heterocycles. The molecule has 0 aliphatic heterocycles. The van der Waals surface area contributed by atoms with Crippen molar-refractivity contribution in [3.63, 3.8) is 0 Å². The minimum absolute atomic E-state index is 0.00998. The maximum Gasteiger partial charge on any atom is 0.136 e. The summed E-state index contributed by atoms with van der Waals surface area (Å²) in [6.07, 6.45) is 0. The summed E-state index contributed by atoms with van der Waals surface area (Å²) in [7, 11) is 0. The highest BCUT2D eigenvalue weighted by Gasteiger charge is 2.12. The quantitative estimate of drug-likeness (QED) is 0.178. The Balaban J connectivity index is 1.20. The first-order chi connectivity index (χ1) is 27.2. The van der Waals surface area contributed by atoms with Crippen LogP contribution in [0.5, 0.6) is 0 Å². The van der Waals surface area contributed by atoms with Gasteiger partial charge in [-0.3, -0.25) is 0 Å². The average molecular weight is 632 g/mol. The summed E-state index contributed by atoms with van der Waals surface area (Å²) in [4.78, 5) is 0. The van der Waals surface area contributed by atoms with E-state index in [0.29, 0.717) is 5.56 Å². The van der Waals surface area contributed by atoms with Crippen LogP contribution in [0, 0.1) is 0 Å². The van der Waals surface area contributed by atoms with Gasteiger partial charge in [-0.15, -0.1) is 0 Å². The molecule has 0 saturated carbocycles. The second kappa shape index (κ2) is 12.3. The Labute approximate surface area is 296 Å². The third-order valence-electron chi connectivity index (χ3n) is 8.93. The second-order valence-corrected chi connectivity index (χ2v) is 12.0. The van der Waals surface area contributed by atoms with Crippen LogP contribution in [-0.2, 0) is 0 Å². The standard InChI is InChI=1S/C48H32O/c1-3-11-33(12-4-1)35-21-23-36(24-22-35)42-29-43(39-17-9-15-37(27-39)34-13-5-2-6-14-34)31-44(30-42)40-18-10-16-38(28-40)41-25-26-46-45-19-7-8-20-47(45)49-48(46)32-41/h1-32H/i7D,8D,19D,20D,25D,26D,32D. The molecule has 0 radical (unpaired) electrons. The SMILES string of the molecule is [2H]c1c([2H])c([2H])c2c(oc3c([2H])c(-c4cccc(-c5cc(-c6ccc(-c7ccccc7)cc6)cc(-c6cccc(-c7ccccc7)c6)c5)c4)c([2H])c([2H])c32)c1[2H]. The maximum atomic E-state index is 9.22. The zero-order chi connectivity index (χ0) is 38.7. The molecule has 8 aromatic carbocycles. The molecular formula is C48H32O. The number of fused-ring (bicyclic) bond motifs is 3. The van der Waals surface area contributed by atoms with Crippen LogP contribution >= 0.6 is 0 Å². The minimum atomic E-state index is -0.459. The molecule has 9 aromatic rings. The van der Waals surface area contributed by atoms with E-state index in [1.165, 1.54) is 0 Å². The summed E-state index contributed by atoms with van der Waals surface area (Å²) in [5.74, 6) is 0. The van der Waals surface area contributed by atoms with Crippen LogP contribution in [0.2, 0.25) is 0 Å². The summed E-state index contributed by atoms with van der Waals surface area (Å²) < 4.78 is 66.5. The molecule has 0 unspecified atom stereocenters. The summed E-state index contributed by atoms with van der Waals surface area (Å²) >= 11 is 0. The van der Waals surface area contributed by atoms with Gasteiger partial charge in [-0.05, 0) is 115 Å². The number of rotatable bonds is 6. The third kappa shape index (κ3) is 5.62. The Morgan fingerprint density at radius 1 is 0.306 bits per heavy atom. The van der Waals surface area contributed by atoms with Crippen molar-refractivity contribution < 1.29 is 14.0 Å². The highest BCUT2D eigenvalue weighted by atomic mass is 16.3. The van der Waals surface area contributed by atoms with Crippen molar-refractivity contribution in [1.82, 2.24) is 0 Å². The predicted octanol–water partition coefficient (Wildman–Crippen LogP) is 13.6. The predicted molar refractivity (Wildman–Crippen MR) is 206 cm³/mol. The molecule has 0 aliphatic carbocycles. The van der Waals surface area contributed by atoms with Crippen LogP contribution in [-0.4, -0.2) is 0 Å². The topological polar surface area (TPSA) is 13.1 Å². The summed E-state index contributed by atoms with van der Waals surface area (Å²) in [5.41, 5.74) is 11.0. The number of benzene rings is 8. The molecule has 0 N–H and O–H groups in total. The monoisotopic (exact) mass is 631 g/mol. The van der Waals surface area contributed by atoms with Gasteiger partial charge < -0.3 is 4.42 Å². The maximum absolute atomic E-state index is 9.22. The lowest BCUT2D eigenvalue weighted by Crippen LogP contribution is -1.88. The smallest absolute Gasteiger partial charge is 0.136 e. The van der Waals surface area contributed by atoms with Crippen LogP contribution in [0.15, 0.2) is 198 Å². The molecule has 0 spiro atoms. The lowest BCUT2D eigenvalue weighted by Gasteiger charge is -2.14. The first-order valence-corrected chi connectivity index (χ1v) is 16.2. The molecule has 49 heavy (non-hydrogen) atoms. The molecule has 1 heterocycles. The molecule has 0 aliphatic rings. The van der Waals surface area contributed by atoms with E-state index in [9.17, 15) is 1.37 Å². The summed E-state index contributed by atoms with van der Waals surface area (Å²) in [6, 6.07) is 49.3. The van der Waals surface area contributed by atoms with E-state index in [4.69, 9.17) is 12.6 Å². The Bertz CT molecular complexity index is 2970. The molecule has 0 bridgehead atoms. The van der Waals surface area contributed by atoms with Gasteiger partial charge in [0.15, 0.2) is 0 Å². The number of furan rings is 1. The minimum Gasteiger partial charge on any atom is -0.456 e.